The number of nitrogens with zero attached hydrogens (tertiary/aromatic N) is 3. The number of nitrogens with two attached hydrogens (primary N) is 1. The molecule has 100 valence electrons. The number of anilines is 2. The summed E-state index contributed by atoms with van der Waals surface area (Å²) in [5.74, 6) is 1.23. The van der Waals surface area contributed by atoms with Crippen molar-refractivity contribution in [1.82, 2.24) is 10.2 Å². The molecule has 0 unspecified atom stereocenters. The smallest absolute Gasteiger partial charge is 0.155 e. The highest BCUT2D eigenvalue weighted by molar-refractivity contribution is 5.59. The van der Waals surface area contributed by atoms with E-state index in [1.165, 1.54) is 0 Å². The third kappa shape index (κ3) is 3.09. The van der Waals surface area contributed by atoms with Crippen molar-refractivity contribution in [3.05, 3.63) is 47.7 Å². The average Bonchev–Trinajstić information content (AvgIpc) is 2.46. The van der Waals surface area contributed by atoms with Gasteiger partial charge in [-0.25, -0.2) is 0 Å². The van der Waals surface area contributed by atoms with Crippen molar-refractivity contribution in [2.45, 2.75) is 26.3 Å². The second-order valence-corrected chi connectivity index (χ2v) is 4.90. The van der Waals surface area contributed by atoms with E-state index in [4.69, 9.17) is 5.73 Å². The van der Waals surface area contributed by atoms with E-state index in [1.54, 1.807) is 0 Å². The number of aromatic nitrogens is 2. The van der Waals surface area contributed by atoms with Crippen LogP contribution >= 0.6 is 0 Å². The molecule has 0 aliphatic rings. The van der Waals surface area contributed by atoms with Crippen LogP contribution in [-0.4, -0.2) is 17.2 Å². The largest absolute Gasteiger partial charge is 0.328 e. The zero-order valence-electron chi connectivity index (χ0n) is 11.7. The molecule has 0 fully saturated rings. The van der Waals surface area contributed by atoms with Crippen LogP contribution in [0.2, 0.25) is 0 Å². The Morgan fingerprint density at radius 1 is 1.16 bits per heavy atom. The number of rotatable bonds is 4. The van der Waals surface area contributed by atoms with Gasteiger partial charge in [-0.1, -0.05) is 26.0 Å². The Morgan fingerprint density at radius 2 is 1.95 bits per heavy atom. The molecule has 0 atom stereocenters. The van der Waals surface area contributed by atoms with E-state index in [-0.39, 0.29) is 0 Å². The fraction of sp³-hybridized carbons (Fsp3) is 0.333. The van der Waals surface area contributed by atoms with Gasteiger partial charge in [-0.05, 0) is 35.7 Å². The maximum Gasteiger partial charge on any atom is 0.155 e. The van der Waals surface area contributed by atoms with Gasteiger partial charge in [0.2, 0.25) is 0 Å². The quantitative estimate of drug-likeness (QED) is 0.914. The lowest BCUT2D eigenvalue weighted by Gasteiger charge is -2.18. The lowest BCUT2D eigenvalue weighted by molar-refractivity contribution is 0.783. The molecule has 4 heteroatoms. The molecule has 0 radical (unpaired) electrons. The summed E-state index contributed by atoms with van der Waals surface area (Å²) in [6, 6.07) is 12.2. The molecule has 2 aromatic rings. The van der Waals surface area contributed by atoms with E-state index in [0.29, 0.717) is 12.5 Å². The van der Waals surface area contributed by atoms with Gasteiger partial charge in [0.05, 0.1) is 5.69 Å². The van der Waals surface area contributed by atoms with Crippen molar-refractivity contribution in [1.29, 1.82) is 0 Å². The minimum absolute atomic E-state index is 0.396. The molecular weight excluding hydrogens is 236 g/mol. The molecule has 2 rings (SSSR count). The summed E-state index contributed by atoms with van der Waals surface area (Å²) in [7, 11) is 1.98. The van der Waals surface area contributed by atoms with E-state index >= 15 is 0 Å². The second kappa shape index (κ2) is 5.80. The first-order valence-corrected chi connectivity index (χ1v) is 6.48. The van der Waals surface area contributed by atoms with Crippen molar-refractivity contribution in [3.63, 3.8) is 0 Å². The fourth-order valence-corrected chi connectivity index (χ4v) is 1.85. The minimum Gasteiger partial charge on any atom is -0.328 e. The van der Waals surface area contributed by atoms with Crippen LogP contribution in [0.25, 0.3) is 0 Å². The third-order valence-corrected chi connectivity index (χ3v) is 3.14. The van der Waals surface area contributed by atoms with Gasteiger partial charge in [-0.15, -0.1) is 5.10 Å². The molecule has 2 N–H and O–H groups in total. The van der Waals surface area contributed by atoms with Crippen molar-refractivity contribution in [2.75, 3.05) is 11.9 Å². The predicted molar refractivity (Wildman–Crippen MR) is 78.5 cm³/mol. The van der Waals surface area contributed by atoms with Crippen LogP contribution in [0.15, 0.2) is 36.4 Å². The number of benzene rings is 1. The minimum atomic E-state index is 0.396. The molecule has 19 heavy (non-hydrogen) atoms. The Kier molecular flexibility index (Phi) is 4.12. The Labute approximate surface area is 114 Å². The van der Waals surface area contributed by atoms with Gasteiger partial charge in [-0.3, -0.25) is 0 Å². The average molecular weight is 256 g/mol. The zero-order chi connectivity index (χ0) is 13.8. The predicted octanol–water partition coefficient (Wildman–Crippen LogP) is 2.83. The van der Waals surface area contributed by atoms with Gasteiger partial charge in [0.1, 0.15) is 0 Å². The molecule has 0 aliphatic heterocycles. The highest BCUT2D eigenvalue weighted by Gasteiger charge is 2.08. The maximum atomic E-state index is 5.66. The van der Waals surface area contributed by atoms with E-state index < -0.39 is 0 Å². The first kappa shape index (κ1) is 13.5. The monoisotopic (exact) mass is 256 g/mol. The first-order valence-electron chi connectivity index (χ1n) is 6.48. The normalized spacial score (nSPS) is 10.8. The molecule has 1 aromatic carbocycles. The van der Waals surface area contributed by atoms with Crippen molar-refractivity contribution in [2.24, 2.45) is 5.73 Å². The molecule has 4 nitrogen and oxygen atoms in total. The summed E-state index contributed by atoms with van der Waals surface area (Å²) in [4.78, 5) is 2.01. The molecular formula is C15H20N4. The first-order chi connectivity index (χ1) is 9.11. The van der Waals surface area contributed by atoms with Crippen LogP contribution in [0.1, 0.15) is 31.0 Å². The number of hydrogen-bond donors (Lipinski definition) is 1. The van der Waals surface area contributed by atoms with Gasteiger partial charge in [-0.2, -0.15) is 5.10 Å². The summed E-state index contributed by atoms with van der Waals surface area (Å²) in [5.41, 5.74) is 8.84. The van der Waals surface area contributed by atoms with Crippen LogP contribution in [0.3, 0.4) is 0 Å². The zero-order valence-corrected chi connectivity index (χ0v) is 11.7. The van der Waals surface area contributed by atoms with E-state index in [0.717, 1.165) is 22.8 Å². The van der Waals surface area contributed by atoms with Crippen molar-refractivity contribution >= 4 is 11.5 Å². The van der Waals surface area contributed by atoms with Crippen molar-refractivity contribution in [3.8, 4) is 0 Å². The molecule has 0 spiro atoms. The van der Waals surface area contributed by atoms with Crippen LogP contribution in [0, 0.1) is 0 Å². The Hall–Kier alpha value is -1.94. The summed E-state index contributed by atoms with van der Waals surface area (Å²) in [6.45, 7) is 4.76. The molecule has 0 saturated heterocycles. The lowest BCUT2D eigenvalue weighted by atomic mass is 10.1. The van der Waals surface area contributed by atoms with E-state index in [2.05, 4.69) is 30.1 Å². The standard InChI is InChI=1S/C15H20N4/c1-11(2)14-7-8-15(18-17-14)19(3)13-6-4-5-12(9-13)10-16/h4-9,11H,10,16H2,1-3H3. The van der Waals surface area contributed by atoms with Crippen molar-refractivity contribution < 1.29 is 0 Å². The summed E-state index contributed by atoms with van der Waals surface area (Å²) in [6.07, 6.45) is 0. The van der Waals surface area contributed by atoms with Gasteiger partial charge < -0.3 is 10.6 Å². The number of hydrogen-bond acceptors (Lipinski definition) is 4. The van der Waals surface area contributed by atoms with Gasteiger partial charge >= 0.3 is 0 Å². The Balaban J connectivity index is 2.25. The SMILES string of the molecule is CC(C)c1ccc(N(C)c2cccc(CN)c2)nn1. The van der Waals surface area contributed by atoms with Crippen LogP contribution in [0.5, 0.6) is 0 Å². The molecule has 0 amide bonds. The lowest BCUT2D eigenvalue weighted by Crippen LogP contribution is -2.13. The Morgan fingerprint density at radius 3 is 2.53 bits per heavy atom. The van der Waals surface area contributed by atoms with Crippen LogP contribution < -0.4 is 10.6 Å². The molecule has 0 bridgehead atoms. The summed E-state index contributed by atoms with van der Waals surface area (Å²) >= 11 is 0. The fourth-order valence-electron chi connectivity index (χ4n) is 1.85. The highest BCUT2D eigenvalue weighted by Crippen LogP contribution is 2.22. The molecule has 1 heterocycles. The molecule has 1 aromatic heterocycles. The molecule has 0 aliphatic carbocycles. The summed E-state index contributed by atoms with van der Waals surface area (Å²) < 4.78 is 0. The van der Waals surface area contributed by atoms with E-state index in [1.807, 2.05) is 42.3 Å². The van der Waals surface area contributed by atoms with Crippen LogP contribution in [-0.2, 0) is 6.54 Å². The van der Waals surface area contributed by atoms with E-state index in [9.17, 15) is 0 Å². The van der Waals surface area contributed by atoms with Crippen LogP contribution in [0.4, 0.5) is 11.5 Å². The van der Waals surface area contributed by atoms with Gasteiger partial charge in [0.15, 0.2) is 5.82 Å². The van der Waals surface area contributed by atoms with Gasteiger partial charge in [0, 0.05) is 19.3 Å². The van der Waals surface area contributed by atoms with Gasteiger partial charge in [0.25, 0.3) is 0 Å². The maximum absolute atomic E-state index is 5.66. The summed E-state index contributed by atoms with van der Waals surface area (Å²) in [5, 5.41) is 8.53. The highest BCUT2D eigenvalue weighted by atomic mass is 15.2. The second-order valence-electron chi connectivity index (χ2n) is 4.90. The topological polar surface area (TPSA) is 55.0 Å². The Bertz CT molecular complexity index is 534. The molecule has 0 saturated carbocycles. The third-order valence-electron chi connectivity index (χ3n) is 3.14.